The molecule has 0 aliphatic rings. The fourth-order valence-electron chi connectivity index (χ4n) is 1.33. The number of carbonyl (C=O) groups excluding carboxylic acids is 1. The zero-order valence-corrected chi connectivity index (χ0v) is 11.4. The van der Waals surface area contributed by atoms with Crippen molar-refractivity contribution in [3.05, 3.63) is 17.8 Å². The molecule has 0 saturated heterocycles. The van der Waals surface area contributed by atoms with Crippen LogP contribution in [0.5, 0.6) is 0 Å². The van der Waals surface area contributed by atoms with Gasteiger partial charge in [0.25, 0.3) is 0 Å². The standard InChI is InChI=1S/C12H18N2O5/c1-5-7(14-11(17)19-12(2,3)4)9-13-8(6-18-9)10(15)16/h6-7H,5H2,1-4H3,(H,14,17)(H,15,16)/t7-/m1/s1. The van der Waals surface area contributed by atoms with Crippen LogP contribution in [0.4, 0.5) is 4.79 Å². The second-order valence-electron chi connectivity index (χ2n) is 4.98. The first-order valence-electron chi connectivity index (χ1n) is 5.91. The molecule has 1 rings (SSSR count). The highest BCUT2D eigenvalue weighted by Crippen LogP contribution is 2.17. The van der Waals surface area contributed by atoms with Crippen LogP contribution in [0.15, 0.2) is 10.7 Å². The summed E-state index contributed by atoms with van der Waals surface area (Å²) in [4.78, 5) is 26.1. The summed E-state index contributed by atoms with van der Waals surface area (Å²) >= 11 is 0. The minimum absolute atomic E-state index is 0.144. The Kier molecular flexibility index (Phi) is 4.52. The van der Waals surface area contributed by atoms with Crippen molar-refractivity contribution in [2.75, 3.05) is 0 Å². The Morgan fingerprint density at radius 3 is 2.58 bits per heavy atom. The van der Waals surface area contributed by atoms with Crippen molar-refractivity contribution in [2.24, 2.45) is 0 Å². The number of aromatic carboxylic acids is 1. The van der Waals surface area contributed by atoms with Crippen LogP contribution < -0.4 is 5.32 Å². The molecule has 1 heterocycles. The topological polar surface area (TPSA) is 102 Å². The van der Waals surface area contributed by atoms with Gasteiger partial charge in [-0.3, -0.25) is 0 Å². The van der Waals surface area contributed by atoms with Gasteiger partial charge in [-0.2, -0.15) is 0 Å². The first kappa shape index (κ1) is 15.0. The molecule has 0 bridgehead atoms. The molecule has 1 amide bonds. The number of nitrogens with one attached hydrogen (secondary N) is 1. The maximum Gasteiger partial charge on any atom is 0.408 e. The third kappa shape index (κ3) is 4.61. The van der Waals surface area contributed by atoms with Crippen LogP contribution in [-0.2, 0) is 4.74 Å². The number of oxazole rings is 1. The fraction of sp³-hybridized carbons (Fsp3) is 0.583. The molecule has 1 atom stereocenters. The van der Waals surface area contributed by atoms with Crippen LogP contribution in [0.2, 0.25) is 0 Å². The number of ether oxygens (including phenoxy) is 1. The van der Waals surface area contributed by atoms with Gasteiger partial charge in [0.15, 0.2) is 5.69 Å². The van der Waals surface area contributed by atoms with E-state index in [1.807, 2.05) is 6.92 Å². The zero-order chi connectivity index (χ0) is 14.6. The summed E-state index contributed by atoms with van der Waals surface area (Å²) in [5, 5.41) is 11.3. The van der Waals surface area contributed by atoms with E-state index in [2.05, 4.69) is 10.3 Å². The van der Waals surface area contributed by atoms with Gasteiger partial charge in [0.1, 0.15) is 17.9 Å². The van der Waals surface area contributed by atoms with Gasteiger partial charge in [-0.25, -0.2) is 14.6 Å². The van der Waals surface area contributed by atoms with Crippen molar-refractivity contribution < 1.29 is 23.8 Å². The molecule has 0 saturated carbocycles. The molecule has 2 N–H and O–H groups in total. The average molecular weight is 270 g/mol. The number of carboxylic acids is 1. The van der Waals surface area contributed by atoms with E-state index in [9.17, 15) is 9.59 Å². The summed E-state index contributed by atoms with van der Waals surface area (Å²) in [6.45, 7) is 7.07. The molecule has 106 valence electrons. The summed E-state index contributed by atoms with van der Waals surface area (Å²) in [5.41, 5.74) is -0.801. The van der Waals surface area contributed by atoms with Crippen LogP contribution in [0, 0.1) is 0 Å². The number of carboxylic acid groups (broad SMARTS) is 1. The highest BCUT2D eigenvalue weighted by Gasteiger charge is 2.23. The van der Waals surface area contributed by atoms with Gasteiger partial charge < -0.3 is 19.6 Å². The number of alkyl carbamates (subject to hydrolysis) is 1. The molecule has 1 aromatic rings. The molecule has 0 fully saturated rings. The van der Waals surface area contributed by atoms with Crippen LogP contribution in [0.25, 0.3) is 0 Å². The number of carbonyl (C=O) groups is 2. The van der Waals surface area contributed by atoms with Gasteiger partial charge in [-0.05, 0) is 27.2 Å². The van der Waals surface area contributed by atoms with Gasteiger partial charge >= 0.3 is 12.1 Å². The lowest BCUT2D eigenvalue weighted by atomic mass is 10.2. The largest absolute Gasteiger partial charge is 0.476 e. The predicted molar refractivity (Wildman–Crippen MR) is 65.9 cm³/mol. The van der Waals surface area contributed by atoms with E-state index in [4.69, 9.17) is 14.3 Å². The molecule has 7 nitrogen and oxygen atoms in total. The lowest BCUT2D eigenvalue weighted by Gasteiger charge is -2.21. The lowest BCUT2D eigenvalue weighted by molar-refractivity contribution is 0.0494. The second-order valence-corrected chi connectivity index (χ2v) is 4.98. The molecule has 19 heavy (non-hydrogen) atoms. The van der Waals surface area contributed by atoms with Crippen molar-refractivity contribution in [1.82, 2.24) is 10.3 Å². The van der Waals surface area contributed by atoms with Crippen molar-refractivity contribution in [3.63, 3.8) is 0 Å². The molecule has 0 radical (unpaired) electrons. The van der Waals surface area contributed by atoms with E-state index in [0.717, 1.165) is 6.26 Å². The normalized spacial score (nSPS) is 12.8. The maximum absolute atomic E-state index is 11.6. The number of nitrogens with zero attached hydrogens (tertiary/aromatic N) is 1. The molecule has 1 aromatic heterocycles. The van der Waals surface area contributed by atoms with Crippen molar-refractivity contribution in [3.8, 4) is 0 Å². The molecular weight excluding hydrogens is 252 g/mol. The minimum Gasteiger partial charge on any atom is -0.476 e. The highest BCUT2D eigenvalue weighted by atomic mass is 16.6. The first-order valence-corrected chi connectivity index (χ1v) is 5.91. The summed E-state index contributed by atoms with van der Waals surface area (Å²) in [7, 11) is 0. The van der Waals surface area contributed by atoms with E-state index in [1.54, 1.807) is 20.8 Å². The Morgan fingerprint density at radius 1 is 1.53 bits per heavy atom. The van der Waals surface area contributed by atoms with E-state index < -0.39 is 23.7 Å². The molecule has 7 heteroatoms. The molecule has 0 aliphatic carbocycles. The zero-order valence-electron chi connectivity index (χ0n) is 11.4. The monoisotopic (exact) mass is 270 g/mol. The third-order valence-electron chi connectivity index (χ3n) is 2.14. The lowest BCUT2D eigenvalue weighted by Crippen LogP contribution is -2.34. The SMILES string of the molecule is CC[C@@H](NC(=O)OC(C)(C)C)c1nc(C(=O)O)co1. The van der Waals surface area contributed by atoms with E-state index >= 15 is 0 Å². The average Bonchev–Trinajstić information content (AvgIpc) is 2.72. The van der Waals surface area contributed by atoms with E-state index in [1.165, 1.54) is 0 Å². The maximum atomic E-state index is 11.6. The molecular formula is C12H18N2O5. The van der Waals surface area contributed by atoms with Gasteiger partial charge in [-0.1, -0.05) is 6.92 Å². The number of hydrogen-bond donors (Lipinski definition) is 2. The second kappa shape index (κ2) is 5.73. The summed E-state index contributed by atoms with van der Waals surface area (Å²) < 4.78 is 10.2. The fourth-order valence-corrected chi connectivity index (χ4v) is 1.33. The number of amides is 1. The Morgan fingerprint density at radius 2 is 2.16 bits per heavy atom. The summed E-state index contributed by atoms with van der Waals surface area (Å²) in [5.74, 6) is -1.03. The van der Waals surface area contributed by atoms with Gasteiger partial charge in [0.2, 0.25) is 5.89 Å². The quantitative estimate of drug-likeness (QED) is 0.870. The van der Waals surface area contributed by atoms with Crippen LogP contribution in [0.3, 0.4) is 0 Å². The Hall–Kier alpha value is -2.05. The van der Waals surface area contributed by atoms with Crippen molar-refractivity contribution in [1.29, 1.82) is 0 Å². The summed E-state index contributed by atoms with van der Waals surface area (Å²) in [6, 6.07) is -0.525. The van der Waals surface area contributed by atoms with Gasteiger partial charge in [0.05, 0.1) is 0 Å². The van der Waals surface area contributed by atoms with E-state index in [-0.39, 0.29) is 11.6 Å². The molecule has 0 aromatic carbocycles. The Labute approximate surface area is 111 Å². The third-order valence-corrected chi connectivity index (χ3v) is 2.14. The summed E-state index contributed by atoms with van der Waals surface area (Å²) in [6.07, 6.45) is 0.935. The predicted octanol–water partition coefficient (Wildman–Crippen LogP) is 2.35. The first-order chi connectivity index (χ1) is 8.73. The van der Waals surface area contributed by atoms with Crippen LogP contribution in [0.1, 0.15) is 56.5 Å². The minimum atomic E-state index is -1.18. The number of hydrogen-bond acceptors (Lipinski definition) is 5. The van der Waals surface area contributed by atoms with Crippen LogP contribution in [-0.4, -0.2) is 27.8 Å². The van der Waals surface area contributed by atoms with Crippen molar-refractivity contribution >= 4 is 12.1 Å². The smallest absolute Gasteiger partial charge is 0.408 e. The molecule has 0 unspecified atom stereocenters. The Balaban J connectivity index is 2.72. The van der Waals surface area contributed by atoms with Gasteiger partial charge in [0, 0.05) is 0 Å². The van der Waals surface area contributed by atoms with Gasteiger partial charge in [-0.15, -0.1) is 0 Å². The van der Waals surface area contributed by atoms with Crippen LogP contribution >= 0.6 is 0 Å². The Bertz CT molecular complexity index is 461. The number of aromatic nitrogens is 1. The number of rotatable bonds is 4. The highest BCUT2D eigenvalue weighted by molar-refractivity contribution is 5.84. The molecule has 0 spiro atoms. The van der Waals surface area contributed by atoms with Crippen molar-refractivity contribution in [2.45, 2.75) is 45.8 Å². The molecule has 0 aliphatic heterocycles. The van der Waals surface area contributed by atoms with E-state index in [0.29, 0.717) is 6.42 Å².